The summed E-state index contributed by atoms with van der Waals surface area (Å²) in [5, 5.41) is 7.65. The minimum Gasteiger partial charge on any atom is -0.384 e. The van der Waals surface area contributed by atoms with Gasteiger partial charge >= 0.3 is 5.69 Å². The average molecular weight is 280 g/mol. The highest BCUT2D eigenvalue weighted by Crippen LogP contribution is 2.25. The van der Waals surface area contributed by atoms with Crippen LogP contribution >= 0.6 is 11.8 Å². The molecule has 3 N–H and O–H groups in total. The van der Waals surface area contributed by atoms with Crippen molar-refractivity contribution < 1.29 is 0 Å². The molecule has 19 heavy (non-hydrogen) atoms. The predicted molar refractivity (Wildman–Crippen MR) is 73.2 cm³/mol. The van der Waals surface area contributed by atoms with Crippen LogP contribution in [0.15, 0.2) is 21.0 Å². The molecule has 0 aromatic carbocycles. The summed E-state index contributed by atoms with van der Waals surface area (Å²) in [6.45, 7) is 6.43. The molecular weight excluding hydrogens is 264 g/mol. The van der Waals surface area contributed by atoms with Crippen LogP contribution in [-0.4, -0.2) is 24.7 Å². The van der Waals surface area contributed by atoms with Crippen molar-refractivity contribution in [1.29, 1.82) is 0 Å². The SMILES string of the molecule is CCn1c(Sc2cc(N)nc(C(C)C)n2)n[nH]c1=O. The zero-order valence-electron chi connectivity index (χ0n) is 11.0. The molecule has 0 radical (unpaired) electrons. The van der Waals surface area contributed by atoms with Gasteiger partial charge in [0.25, 0.3) is 0 Å². The lowest BCUT2D eigenvalue weighted by molar-refractivity contribution is 0.659. The molecule has 2 heterocycles. The number of nitrogens with zero attached hydrogens (tertiary/aromatic N) is 4. The van der Waals surface area contributed by atoms with Crippen molar-refractivity contribution in [2.45, 2.75) is 43.4 Å². The number of anilines is 1. The first-order valence-electron chi connectivity index (χ1n) is 5.98. The molecule has 7 nitrogen and oxygen atoms in total. The molecule has 0 bridgehead atoms. The highest BCUT2D eigenvalue weighted by molar-refractivity contribution is 7.99. The third-order valence-electron chi connectivity index (χ3n) is 2.49. The minimum atomic E-state index is -0.226. The largest absolute Gasteiger partial charge is 0.384 e. The third kappa shape index (κ3) is 2.95. The van der Waals surface area contributed by atoms with Crippen LogP contribution in [0.2, 0.25) is 0 Å². The number of H-pyrrole nitrogens is 1. The number of aromatic amines is 1. The Morgan fingerprint density at radius 1 is 1.47 bits per heavy atom. The van der Waals surface area contributed by atoms with Gasteiger partial charge in [0.05, 0.1) is 0 Å². The normalized spacial score (nSPS) is 11.2. The van der Waals surface area contributed by atoms with Gasteiger partial charge in [-0.3, -0.25) is 4.57 Å². The van der Waals surface area contributed by atoms with Crippen LogP contribution in [0.1, 0.15) is 32.5 Å². The van der Waals surface area contributed by atoms with Gasteiger partial charge in [-0.1, -0.05) is 13.8 Å². The van der Waals surface area contributed by atoms with Crippen LogP contribution in [0.5, 0.6) is 0 Å². The number of hydrogen-bond donors (Lipinski definition) is 2. The van der Waals surface area contributed by atoms with Gasteiger partial charge in [0.2, 0.25) is 0 Å². The van der Waals surface area contributed by atoms with Crippen molar-refractivity contribution in [2.75, 3.05) is 5.73 Å². The Bertz CT molecular complexity index is 632. The summed E-state index contributed by atoms with van der Waals surface area (Å²) in [6.07, 6.45) is 0. The maximum Gasteiger partial charge on any atom is 0.343 e. The molecule has 0 saturated heterocycles. The van der Waals surface area contributed by atoms with Crippen molar-refractivity contribution in [3.8, 4) is 0 Å². The van der Waals surface area contributed by atoms with Gasteiger partial charge in [-0.05, 0) is 18.7 Å². The van der Waals surface area contributed by atoms with E-state index in [0.717, 1.165) is 0 Å². The van der Waals surface area contributed by atoms with Crippen LogP contribution in [0.3, 0.4) is 0 Å². The predicted octanol–water partition coefficient (Wildman–Crippen LogP) is 1.24. The number of hydrogen-bond acceptors (Lipinski definition) is 6. The third-order valence-corrected chi connectivity index (χ3v) is 3.40. The van der Waals surface area contributed by atoms with E-state index < -0.39 is 0 Å². The number of nitrogens with two attached hydrogens (primary N) is 1. The van der Waals surface area contributed by atoms with E-state index in [1.165, 1.54) is 16.3 Å². The summed E-state index contributed by atoms with van der Waals surface area (Å²) in [5.74, 6) is 1.29. The van der Waals surface area contributed by atoms with Gasteiger partial charge in [-0.25, -0.2) is 19.9 Å². The Morgan fingerprint density at radius 2 is 2.21 bits per heavy atom. The van der Waals surface area contributed by atoms with E-state index in [0.29, 0.717) is 28.4 Å². The van der Waals surface area contributed by atoms with Gasteiger partial charge in [0, 0.05) is 18.5 Å². The summed E-state index contributed by atoms with van der Waals surface area (Å²) in [6, 6.07) is 1.68. The Morgan fingerprint density at radius 3 is 2.84 bits per heavy atom. The minimum absolute atomic E-state index is 0.190. The van der Waals surface area contributed by atoms with Crippen LogP contribution in [0.4, 0.5) is 5.82 Å². The molecule has 0 unspecified atom stereocenters. The van der Waals surface area contributed by atoms with Crippen molar-refractivity contribution in [3.63, 3.8) is 0 Å². The van der Waals surface area contributed by atoms with Gasteiger partial charge < -0.3 is 5.73 Å². The summed E-state index contributed by atoms with van der Waals surface area (Å²) < 4.78 is 1.54. The first-order valence-corrected chi connectivity index (χ1v) is 6.80. The van der Waals surface area contributed by atoms with Crippen molar-refractivity contribution in [2.24, 2.45) is 0 Å². The molecule has 0 aliphatic carbocycles. The molecule has 0 aliphatic rings. The van der Waals surface area contributed by atoms with Crippen molar-refractivity contribution in [1.82, 2.24) is 24.7 Å². The summed E-state index contributed by atoms with van der Waals surface area (Å²) in [7, 11) is 0. The lowest BCUT2D eigenvalue weighted by Gasteiger charge is -2.07. The molecule has 0 spiro atoms. The number of nitrogen functional groups attached to an aromatic ring is 1. The number of nitrogens with one attached hydrogen (secondary N) is 1. The molecule has 0 atom stereocenters. The fourth-order valence-electron chi connectivity index (χ4n) is 1.53. The zero-order chi connectivity index (χ0) is 14.0. The second kappa shape index (κ2) is 5.43. The van der Waals surface area contributed by atoms with E-state index in [-0.39, 0.29) is 11.6 Å². The van der Waals surface area contributed by atoms with E-state index in [1.807, 2.05) is 20.8 Å². The monoisotopic (exact) mass is 280 g/mol. The zero-order valence-corrected chi connectivity index (χ0v) is 11.9. The van der Waals surface area contributed by atoms with E-state index in [9.17, 15) is 4.79 Å². The second-order valence-electron chi connectivity index (χ2n) is 4.30. The Labute approximate surface area is 114 Å². The summed E-state index contributed by atoms with van der Waals surface area (Å²) >= 11 is 1.29. The first kappa shape index (κ1) is 13.6. The molecule has 8 heteroatoms. The van der Waals surface area contributed by atoms with Gasteiger partial charge in [0.1, 0.15) is 16.7 Å². The smallest absolute Gasteiger partial charge is 0.343 e. The summed E-state index contributed by atoms with van der Waals surface area (Å²) in [5.41, 5.74) is 5.54. The van der Waals surface area contributed by atoms with Crippen LogP contribution in [0.25, 0.3) is 0 Å². The topological polar surface area (TPSA) is 102 Å². The highest BCUT2D eigenvalue weighted by atomic mass is 32.2. The van der Waals surface area contributed by atoms with Crippen molar-refractivity contribution >= 4 is 17.6 Å². The lowest BCUT2D eigenvalue weighted by atomic mass is 10.2. The van der Waals surface area contributed by atoms with Gasteiger partial charge in [0.15, 0.2) is 5.16 Å². The molecule has 2 aromatic rings. The molecule has 2 aromatic heterocycles. The van der Waals surface area contributed by atoms with E-state index >= 15 is 0 Å². The quantitative estimate of drug-likeness (QED) is 0.817. The lowest BCUT2D eigenvalue weighted by Crippen LogP contribution is -2.16. The fraction of sp³-hybridized carbons (Fsp3) is 0.455. The first-order chi connectivity index (χ1) is 9.01. The molecule has 0 fully saturated rings. The van der Waals surface area contributed by atoms with Crippen LogP contribution in [0, 0.1) is 0 Å². The van der Waals surface area contributed by atoms with Crippen LogP contribution < -0.4 is 11.4 Å². The maximum atomic E-state index is 11.5. The standard InChI is InChI=1S/C11H16N6OS/c1-4-17-10(18)15-16-11(17)19-8-5-7(12)13-9(14-8)6(2)3/h5-6H,4H2,1-3H3,(H,15,18)(H2,12,13,14). The van der Waals surface area contributed by atoms with Gasteiger partial charge in [-0.15, -0.1) is 5.10 Å². The van der Waals surface area contributed by atoms with E-state index in [4.69, 9.17) is 5.73 Å². The molecule has 0 amide bonds. The Balaban J connectivity index is 2.35. The highest BCUT2D eigenvalue weighted by Gasteiger charge is 2.12. The van der Waals surface area contributed by atoms with Gasteiger partial charge in [-0.2, -0.15) is 0 Å². The van der Waals surface area contributed by atoms with Crippen LogP contribution in [-0.2, 0) is 6.54 Å². The number of aromatic nitrogens is 5. The molecule has 102 valence electrons. The van der Waals surface area contributed by atoms with Crippen molar-refractivity contribution in [3.05, 3.63) is 22.4 Å². The van der Waals surface area contributed by atoms with E-state index in [1.54, 1.807) is 6.07 Å². The Hall–Kier alpha value is -1.83. The fourth-order valence-corrected chi connectivity index (χ4v) is 2.44. The average Bonchev–Trinajstić information content (AvgIpc) is 2.69. The Kier molecular flexibility index (Phi) is 3.89. The van der Waals surface area contributed by atoms with E-state index in [2.05, 4.69) is 20.2 Å². The maximum absolute atomic E-state index is 11.5. The molecule has 2 rings (SSSR count). The molecule has 0 aliphatic heterocycles. The molecule has 0 saturated carbocycles. The number of rotatable bonds is 4. The summed E-state index contributed by atoms with van der Waals surface area (Å²) in [4.78, 5) is 20.1. The second-order valence-corrected chi connectivity index (χ2v) is 5.29. The molecular formula is C11H16N6OS.